The number of carboxylic acid groups (broad SMARTS) is 1. The molecule has 6 aromatic rings. The third-order valence-electron chi connectivity index (χ3n) is 8.31. The van der Waals surface area contributed by atoms with Crippen LogP contribution in [0.25, 0.3) is 16.5 Å². The zero-order chi connectivity index (χ0) is 47.3. The van der Waals surface area contributed by atoms with E-state index in [1.165, 1.54) is 0 Å². The van der Waals surface area contributed by atoms with Gasteiger partial charge in [0.1, 0.15) is 37.4 Å². The Morgan fingerprint density at radius 1 is 0.594 bits per heavy atom. The molecular weight excluding hydrogens is 943 g/mol. The van der Waals surface area contributed by atoms with Crippen LogP contribution in [0.4, 0.5) is 39.8 Å². The molecule has 6 rings (SSSR count). The smallest absolute Gasteiger partial charge is 0.358 e. The maximum Gasteiger partial charge on any atom is 0.358 e. The predicted octanol–water partition coefficient (Wildman–Crippen LogP) is 5.98. The molecule has 0 saturated carbocycles. The van der Waals surface area contributed by atoms with E-state index >= 15 is 0 Å². The first kappa shape index (κ1) is 45.8. The van der Waals surface area contributed by atoms with Crippen LogP contribution >= 0.6 is 0 Å². The van der Waals surface area contributed by atoms with Crippen molar-refractivity contribution in [2.24, 2.45) is 30.7 Å². The van der Waals surface area contributed by atoms with Gasteiger partial charge >= 0.3 is 5.97 Å². The highest BCUT2D eigenvalue weighted by Gasteiger charge is 2.27. The Labute approximate surface area is 355 Å². The molecule has 0 aliphatic carbocycles. The minimum atomic E-state index is -5.33. The molecule has 0 radical (unpaired) electrons. The molecule has 0 unspecified atom stereocenters. The summed E-state index contributed by atoms with van der Waals surface area (Å²) in [5.41, 5.74) is -6.26. The van der Waals surface area contributed by atoms with Crippen molar-refractivity contribution in [3.05, 3.63) is 94.7 Å². The molecule has 0 aliphatic heterocycles. The van der Waals surface area contributed by atoms with Gasteiger partial charge in [0, 0.05) is 12.1 Å². The van der Waals surface area contributed by atoms with E-state index in [4.69, 9.17) is 0 Å². The molecule has 0 atom stereocenters. The Balaban J connectivity index is 1.41. The number of aromatic hydroxyl groups is 3. The number of nitrogens with zero attached hydrogens (tertiary/aromatic N) is 9. The van der Waals surface area contributed by atoms with Crippen LogP contribution in [-0.4, -0.2) is 93.0 Å². The number of non-ortho nitro benzene ring substituents is 1. The van der Waals surface area contributed by atoms with Gasteiger partial charge in [0.05, 0.1) is 26.6 Å². The molecule has 0 bridgehead atoms. The highest BCUT2D eigenvalue weighted by Crippen LogP contribution is 2.48. The molecule has 5 aromatic carbocycles. The van der Waals surface area contributed by atoms with Gasteiger partial charge in [-0.1, -0.05) is 6.07 Å². The van der Waals surface area contributed by atoms with Crippen molar-refractivity contribution in [1.29, 1.82) is 0 Å². The Morgan fingerprint density at radius 2 is 1.12 bits per heavy atom. The Morgan fingerprint density at radius 3 is 1.69 bits per heavy atom. The molecule has 0 aliphatic rings. The monoisotopic (exact) mass is 963 g/mol. The predicted molar refractivity (Wildman–Crippen MR) is 211 cm³/mol. The van der Waals surface area contributed by atoms with Gasteiger partial charge in [-0.25, -0.2) is 4.79 Å². The largest absolute Gasteiger partial charge is 0.505 e. The molecule has 0 spiro atoms. The van der Waals surface area contributed by atoms with Crippen molar-refractivity contribution in [3.63, 3.8) is 0 Å². The number of hydrogen-bond donors (Lipinski definition) is 8. The molecule has 0 fully saturated rings. The summed E-state index contributed by atoms with van der Waals surface area (Å²) < 4.78 is 136. The first-order chi connectivity index (χ1) is 29.7. The summed E-state index contributed by atoms with van der Waals surface area (Å²) in [6, 6.07) is 11.0. The van der Waals surface area contributed by atoms with Crippen molar-refractivity contribution >= 4 is 97.0 Å². The average Bonchev–Trinajstić information content (AvgIpc) is 3.53. The maximum atomic E-state index is 12.5. The lowest BCUT2D eigenvalue weighted by Crippen LogP contribution is -2.02. The Hall–Kier alpha value is -7.72. The van der Waals surface area contributed by atoms with Crippen LogP contribution in [0, 0.1) is 10.1 Å². The number of nitro benzene ring substituents is 1. The van der Waals surface area contributed by atoms with Crippen molar-refractivity contribution in [2.45, 2.75) is 19.6 Å². The van der Waals surface area contributed by atoms with Crippen LogP contribution in [0.1, 0.15) is 10.5 Å². The van der Waals surface area contributed by atoms with Crippen molar-refractivity contribution < 1.29 is 82.0 Å². The number of aromatic nitrogens is 2. The highest BCUT2D eigenvalue weighted by molar-refractivity contribution is 7.86. The van der Waals surface area contributed by atoms with E-state index < -0.39 is 139 Å². The summed E-state index contributed by atoms with van der Waals surface area (Å²) in [6.07, 6.45) is 0. The van der Waals surface area contributed by atoms with Crippen LogP contribution in [0.2, 0.25) is 0 Å². The average molecular weight is 964 g/mol. The lowest BCUT2D eigenvalue weighted by atomic mass is 10.1. The number of nitro groups is 1. The number of phenolic OH excluding ortho intramolecular Hbond substituents is 2. The second kappa shape index (κ2) is 16.5. The van der Waals surface area contributed by atoms with Gasteiger partial charge in [0.25, 0.3) is 46.2 Å². The summed E-state index contributed by atoms with van der Waals surface area (Å²) in [4.78, 5) is 18.2. The molecule has 1 aromatic heterocycles. The number of fused-ring (bicyclic) bond motifs is 1. The first-order valence-electron chi connectivity index (χ1n) is 16.4. The van der Waals surface area contributed by atoms with Gasteiger partial charge in [0.15, 0.2) is 17.2 Å². The molecule has 332 valence electrons. The maximum absolute atomic E-state index is 12.5. The topological polar surface area (TPSA) is 451 Å². The summed E-state index contributed by atoms with van der Waals surface area (Å²) in [5.74, 6) is -4.97. The second-order valence-electron chi connectivity index (χ2n) is 12.4. The van der Waals surface area contributed by atoms with E-state index in [1.807, 2.05) is 0 Å². The molecule has 0 saturated heterocycles. The van der Waals surface area contributed by atoms with E-state index in [-0.39, 0.29) is 11.1 Å². The van der Waals surface area contributed by atoms with Crippen LogP contribution < -0.4 is 0 Å². The van der Waals surface area contributed by atoms with E-state index in [9.17, 15) is 87.2 Å². The van der Waals surface area contributed by atoms with Crippen molar-refractivity contribution in [1.82, 2.24) is 9.78 Å². The summed E-state index contributed by atoms with van der Waals surface area (Å²) in [6.45, 7) is 0. The number of hydrogen-bond acceptors (Lipinski definition) is 21. The second-order valence-corrected chi connectivity index (χ2v) is 18.0. The minimum absolute atomic E-state index is 0.121. The zero-order valence-electron chi connectivity index (χ0n) is 30.7. The van der Waals surface area contributed by atoms with Crippen molar-refractivity contribution in [2.75, 3.05) is 0 Å². The molecule has 64 heavy (non-hydrogen) atoms. The molecule has 8 N–H and O–H groups in total. The summed E-state index contributed by atoms with van der Waals surface area (Å²) in [7, 11) is -20.4. The molecule has 1 heterocycles. The van der Waals surface area contributed by atoms with Gasteiger partial charge < -0.3 is 20.4 Å². The van der Waals surface area contributed by atoms with E-state index in [0.29, 0.717) is 22.9 Å². The lowest BCUT2D eigenvalue weighted by Gasteiger charge is -2.11. The van der Waals surface area contributed by atoms with Gasteiger partial charge in [-0.05, 0) is 66.0 Å². The standard InChI is InChI=1S/C32H21N9O19S4/c42-29-21(36-34-20-10-5-17(41(47)48)13-23(20)63(55,56)57)8-1-14-11-24(64(58,59)60)26(30(43)25(14)29)37-35-19-9-2-15(12-22(19)62(52,53)54)33-38-27-28(32(45)46)39-40(31(27)44)16-3-6-18(7-4-16)61(49,50)51/h1-13,42-44H,(H,45,46)(H,49,50,51)(H,52,53,54)(H,55,56,57)(H,58,59,60). The normalized spacial score (nSPS) is 12.8. The molecular formula is C32H21N9O19S4. The number of benzene rings is 5. The zero-order valence-corrected chi connectivity index (χ0v) is 34.0. The third kappa shape index (κ3) is 9.36. The fraction of sp³-hybridized carbons (Fsp3) is 0. The summed E-state index contributed by atoms with van der Waals surface area (Å²) >= 11 is 0. The number of rotatable bonds is 13. The minimum Gasteiger partial charge on any atom is -0.505 e. The van der Waals surface area contributed by atoms with Gasteiger partial charge in [0.2, 0.25) is 11.6 Å². The molecule has 0 amide bonds. The van der Waals surface area contributed by atoms with Crippen LogP contribution in [0.15, 0.2) is 129 Å². The highest BCUT2D eigenvalue weighted by atomic mass is 32.2. The van der Waals surface area contributed by atoms with E-state index in [0.717, 1.165) is 60.7 Å². The SMILES string of the molecule is O=C(O)c1nn(-c2ccc(S(=O)(=O)O)cc2)c(O)c1N=Nc1ccc(N=Nc2c(S(=O)(=O)O)cc3ccc(N=Nc4ccc([N+](=O)[O-])cc4S(=O)(=O)O)c(O)c3c2O)c(S(=O)(=O)O)c1. The number of aromatic carboxylic acids is 1. The quantitative estimate of drug-likeness (QED) is 0.0285. The van der Waals surface area contributed by atoms with E-state index in [1.54, 1.807) is 0 Å². The number of carbonyl (C=O) groups is 1. The van der Waals surface area contributed by atoms with E-state index in [2.05, 4.69) is 35.8 Å². The first-order valence-corrected chi connectivity index (χ1v) is 22.2. The summed E-state index contributed by atoms with van der Waals surface area (Å²) in [5, 5.41) is 78.2. The van der Waals surface area contributed by atoms with Crippen molar-refractivity contribution in [3.8, 4) is 23.1 Å². The fourth-order valence-corrected chi connectivity index (χ4v) is 7.86. The molecule has 28 nitrogen and oxygen atoms in total. The van der Waals surface area contributed by atoms with Gasteiger partial charge in [-0.3, -0.25) is 28.3 Å². The van der Waals surface area contributed by atoms with Crippen LogP contribution in [0.5, 0.6) is 17.4 Å². The van der Waals surface area contributed by atoms with Crippen LogP contribution in [0.3, 0.4) is 0 Å². The van der Waals surface area contributed by atoms with Gasteiger partial charge in [-0.15, -0.1) is 25.6 Å². The Kier molecular flexibility index (Phi) is 11.8. The molecule has 32 heteroatoms. The van der Waals surface area contributed by atoms with Gasteiger partial charge in [-0.2, -0.15) is 48.6 Å². The lowest BCUT2D eigenvalue weighted by molar-refractivity contribution is -0.385. The Bertz CT molecular complexity index is 3540. The number of carboxylic acids is 1. The fourth-order valence-electron chi connectivity index (χ4n) is 5.44. The third-order valence-corrected chi connectivity index (χ3v) is 11.8. The number of phenols is 2. The number of azo groups is 3. The van der Waals surface area contributed by atoms with Crippen LogP contribution in [-0.2, 0) is 40.5 Å².